The van der Waals surface area contributed by atoms with Gasteiger partial charge in [-0.2, -0.15) is 13.2 Å². The third kappa shape index (κ3) is 13.1. The highest BCUT2D eigenvalue weighted by Gasteiger charge is 2.27. The van der Waals surface area contributed by atoms with E-state index in [9.17, 15) is 13.2 Å². The minimum atomic E-state index is -4.30. The lowest BCUT2D eigenvalue weighted by atomic mass is 10.0. The van der Waals surface area contributed by atoms with Crippen LogP contribution < -0.4 is 10.6 Å². The first kappa shape index (κ1) is 27.9. The molecule has 0 spiro atoms. The molecule has 10 heteroatoms. The fourth-order valence-corrected chi connectivity index (χ4v) is 2.99. The Bertz CT molecular complexity index is 625. The van der Waals surface area contributed by atoms with Crippen LogP contribution in [0.2, 0.25) is 0 Å². The van der Waals surface area contributed by atoms with Gasteiger partial charge in [0.25, 0.3) is 0 Å². The van der Waals surface area contributed by atoms with Gasteiger partial charge in [0.15, 0.2) is 5.96 Å². The van der Waals surface area contributed by atoms with E-state index in [1.807, 2.05) is 12.1 Å². The first-order valence-corrected chi connectivity index (χ1v) is 10.3. The number of hydrogen-bond donors (Lipinski definition) is 2. The fourth-order valence-electron chi connectivity index (χ4n) is 2.99. The Hall–Kier alpha value is -1.11. The van der Waals surface area contributed by atoms with Gasteiger partial charge >= 0.3 is 6.18 Å². The van der Waals surface area contributed by atoms with Gasteiger partial charge in [0.2, 0.25) is 0 Å². The summed E-state index contributed by atoms with van der Waals surface area (Å²) < 4.78 is 52.0. The van der Waals surface area contributed by atoms with Gasteiger partial charge < -0.3 is 24.8 Å². The maximum Gasteiger partial charge on any atom is 0.411 e. The van der Waals surface area contributed by atoms with Crippen molar-refractivity contribution in [2.75, 3.05) is 46.6 Å². The SMILES string of the molecule is CN=C(NCCCOCC1CCOCC1)NCc1ccc(COCC(F)(F)F)cc1.I. The molecule has 0 amide bonds. The van der Waals surface area contributed by atoms with E-state index in [1.54, 1.807) is 19.2 Å². The molecule has 0 radical (unpaired) electrons. The molecule has 31 heavy (non-hydrogen) atoms. The van der Waals surface area contributed by atoms with E-state index >= 15 is 0 Å². The Labute approximate surface area is 199 Å². The average Bonchev–Trinajstić information content (AvgIpc) is 2.73. The van der Waals surface area contributed by atoms with Crippen LogP contribution in [0.5, 0.6) is 0 Å². The van der Waals surface area contributed by atoms with Crippen LogP contribution in [-0.4, -0.2) is 58.8 Å². The normalized spacial score (nSPS) is 15.4. The molecule has 1 saturated heterocycles. The van der Waals surface area contributed by atoms with Crippen LogP contribution in [0.1, 0.15) is 30.4 Å². The highest BCUT2D eigenvalue weighted by atomic mass is 127. The van der Waals surface area contributed by atoms with Gasteiger partial charge in [-0.15, -0.1) is 24.0 Å². The van der Waals surface area contributed by atoms with Crippen LogP contribution in [0.4, 0.5) is 13.2 Å². The van der Waals surface area contributed by atoms with Crippen molar-refractivity contribution in [3.05, 3.63) is 35.4 Å². The van der Waals surface area contributed by atoms with Crippen molar-refractivity contribution in [1.82, 2.24) is 10.6 Å². The Morgan fingerprint density at radius 1 is 1.10 bits per heavy atom. The molecule has 0 unspecified atom stereocenters. The molecule has 1 aliphatic heterocycles. The standard InChI is InChI=1S/C21H32F3N3O3.HI/c1-25-20(26-9-2-10-29-14-19-7-11-28-12-8-19)27-13-17-3-5-18(6-4-17)15-30-16-21(22,23)24;/h3-6,19H,2,7-16H2,1H3,(H2,25,26,27);1H. The lowest BCUT2D eigenvalue weighted by Gasteiger charge is -2.21. The molecular weight excluding hydrogens is 526 g/mol. The second-order valence-corrected chi connectivity index (χ2v) is 7.26. The van der Waals surface area contributed by atoms with E-state index < -0.39 is 12.8 Å². The first-order valence-electron chi connectivity index (χ1n) is 10.3. The van der Waals surface area contributed by atoms with Crippen molar-refractivity contribution in [2.24, 2.45) is 10.9 Å². The summed E-state index contributed by atoms with van der Waals surface area (Å²) in [5.74, 6) is 1.31. The summed E-state index contributed by atoms with van der Waals surface area (Å²) in [6.45, 7) is 3.20. The second-order valence-electron chi connectivity index (χ2n) is 7.26. The van der Waals surface area contributed by atoms with Crippen LogP contribution in [0.25, 0.3) is 0 Å². The zero-order chi connectivity index (χ0) is 21.7. The van der Waals surface area contributed by atoms with Crippen LogP contribution in [-0.2, 0) is 27.4 Å². The van der Waals surface area contributed by atoms with Gasteiger partial charge in [0, 0.05) is 46.6 Å². The highest BCUT2D eigenvalue weighted by Crippen LogP contribution is 2.16. The fraction of sp³-hybridized carbons (Fsp3) is 0.667. The first-order chi connectivity index (χ1) is 14.5. The number of benzene rings is 1. The van der Waals surface area contributed by atoms with Crippen molar-refractivity contribution in [3.63, 3.8) is 0 Å². The molecule has 6 nitrogen and oxygen atoms in total. The van der Waals surface area contributed by atoms with Crippen molar-refractivity contribution >= 4 is 29.9 Å². The lowest BCUT2D eigenvalue weighted by Crippen LogP contribution is -2.37. The minimum absolute atomic E-state index is 0. The van der Waals surface area contributed by atoms with Gasteiger partial charge in [-0.25, -0.2) is 0 Å². The number of guanidine groups is 1. The Balaban J connectivity index is 0.00000480. The van der Waals surface area contributed by atoms with E-state index in [0.717, 1.165) is 51.2 Å². The molecule has 1 aliphatic rings. The molecule has 178 valence electrons. The molecule has 1 aromatic carbocycles. The average molecular weight is 559 g/mol. The minimum Gasteiger partial charge on any atom is -0.381 e. The van der Waals surface area contributed by atoms with E-state index in [2.05, 4.69) is 20.4 Å². The number of ether oxygens (including phenoxy) is 3. The van der Waals surface area contributed by atoms with Crippen LogP contribution >= 0.6 is 24.0 Å². The predicted octanol–water partition coefficient (Wildman–Crippen LogP) is 3.88. The zero-order valence-electron chi connectivity index (χ0n) is 17.9. The number of nitrogens with zero attached hydrogens (tertiary/aromatic N) is 1. The van der Waals surface area contributed by atoms with Gasteiger partial charge in [0.05, 0.1) is 6.61 Å². The molecule has 2 N–H and O–H groups in total. The van der Waals surface area contributed by atoms with E-state index in [-0.39, 0.29) is 30.6 Å². The number of alkyl halides is 3. The van der Waals surface area contributed by atoms with Gasteiger partial charge in [-0.3, -0.25) is 4.99 Å². The Morgan fingerprint density at radius 2 is 1.77 bits per heavy atom. The van der Waals surface area contributed by atoms with Crippen molar-refractivity contribution in [2.45, 2.75) is 38.6 Å². The quantitative estimate of drug-likeness (QED) is 0.187. The van der Waals surface area contributed by atoms with Crippen LogP contribution in [0.15, 0.2) is 29.3 Å². The summed E-state index contributed by atoms with van der Waals surface area (Å²) in [5.41, 5.74) is 1.70. The number of nitrogens with one attached hydrogen (secondary N) is 2. The number of hydrogen-bond acceptors (Lipinski definition) is 4. The van der Waals surface area contributed by atoms with Crippen molar-refractivity contribution in [1.29, 1.82) is 0 Å². The summed E-state index contributed by atoms with van der Waals surface area (Å²) >= 11 is 0. The lowest BCUT2D eigenvalue weighted by molar-refractivity contribution is -0.176. The molecular formula is C21H33F3IN3O3. The van der Waals surface area contributed by atoms with Gasteiger partial charge in [0.1, 0.15) is 6.61 Å². The van der Waals surface area contributed by atoms with Crippen LogP contribution in [0.3, 0.4) is 0 Å². The van der Waals surface area contributed by atoms with Gasteiger partial charge in [-0.1, -0.05) is 24.3 Å². The maximum absolute atomic E-state index is 12.1. The summed E-state index contributed by atoms with van der Waals surface area (Å²) in [6.07, 6.45) is -1.26. The molecule has 1 heterocycles. The number of aliphatic imine (C=N–C) groups is 1. The Morgan fingerprint density at radius 3 is 2.42 bits per heavy atom. The second kappa shape index (κ2) is 15.7. The molecule has 2 rings (SSSR count). The predicted molar refractivity (Wildman–Crippen MR) is 125 cm³/mol. The summed E-state index contributed by atoms with van der Waals surface area (Å²) in [6, 6.07) is 7.24. The Kier molecular flexibility index (Phi) is 14.1. The molecule has 1 aromatic rings. The number of rotatable bonds is 11. The van der Waals surface area contributed by atoms with Gasteiger partial charge in [-0.05, 0) is 36.3 Å². The topological polar surface area (TPSA) is 64.1 Å². The van der Waals surface area contributed by atoms with Crippen LogP contribution in [0, 0.1) is 5.92 Å². The molecule has 1 fully saturated rings. The molecule has 0 saturated carbocycles. The summed E-state index contributed by atoms with van der Waals surface area (Å²) in [5, 5.41) is 6.46. The highest BCUT2D eigenvalue weighted by molar-refractivity contribution is 14.0. The van der Waals surface area contributed by atoms with E-state index in [1.165, 1.54) is 0 Å². The van der Waals surface area contributed by atoms with Crippen molar-refractivity contribution < 1.29 is 27.4 Å². The van der Waals surface area contributed by atoms with Crippen molar-refractivity contribution in [3.8, 4) is 0 Å². The zero-order valence-corrected chi connectivity index (χ0v) is 20.2. The maximum atomic E-state index is 12.1. The molecule has 0 atom stereocenters. The largest absolute Gasteiger partial charge is 0.411 e. The summed E-state index contributed by atoms with van der Waals surface area (Å²) in [4.78, 5) is 4.19. The van der Waals surface area contributed by atoms with E-state index in [4.69, 9.17) is 9.47 Å². The molecule has 0 aromatic heterocycles. The third-order valence-corrected chi connectivity index (χ3v) is 4.69. The number of halogens is 4. The summed E-state index contributed by atoms with van der Waals surface area (Å²) in [7, 11) is 1.71. The molecule has 0 bridgehead atoms. The smallest absolute Gasteiger partial charge is 0.381 e. The third-order valence-electron chi connectivity index (χ3n) is 4.69. The van der Waals surface area contributed by atoms with E-state index in [0.29, 0.717) is 30.6 Å². The molecule has 0 aliphatic carbocycles. The monoisotopic (exact) mass is 559 g/mol.